The molecule has 0 heterocycles. The fourth-order valence-corrected chi connectivity index (χ4v) is 0.624. The molecule has 0 bridgehead atoms. The van der Waals surface area contributed by atoms with Crippen molar-refractivity contribution in [3.63, 3.8) is 0 Å². The van der Waals surface area contributed by atoms with Crippen molar-refractivity contribution in [2.24, 2.45) is 0 Å². The minimum absolute atomic E-state index is 0.127. The van der Waals surface area contributed by atoms with Crippen molar-refractivity contribution in [1.82, 2.24) is 16.0 Å². The summed E-state index contributed by atoms with van der Waals surface area (Å²) in [7, 11) is 3.33. The Morgan fingerprint density at radius 1 is 1.27 bits per heavy atom. The van der Waals surface area contributed by atoms with Gasteiger partial charge in [-0.05, 0) is 6.42 Å². The largest absolute Gasteiger partial charge is 0.503 e. The van der Waals surface area contributed by atoms with Crippen LogP contribution in [-0.4, -0.2) is 41.5 Å². The number of carbonyl (C=O) groups excluding carboxylic acids is 1. The van der Waals surface area contributed by atoms with Crippen molar-refractivity contribution in [3.8, 4) is 0 Å². The van der Waals surface area contributed by atoms with E-state index in [9.17, 15) is 4.79 Å². The topological polar surface area (TPSA) is 102 Å². The third-order valence-electron chi connectivity index (χ3n) is 1.38. The third-order valence-corrected chi connectivity index (χ3v) is 1.38. The molecule has 7 nitrogen and oxygen atoms in total. The molecule has 0 aromatic rings. The number of amides is 1. The third kappa shape index (κ3) is 8.72. The number of hydrogen-bond acceptors (Lipinski definition) is 4. The highest BCUT2D eigenvalue weighted by Crippen LogP contribution is 1.98. The summed E-state index contributed by atoms with van der Waals surface area (Å²) in [5.41, 5.74) is 5.93. The van der Waals surface area contributed by atoms with Gasteiger partial charge in [-0.3, -0.25) is 4.79 Å². The molecule has 0 radical (unpaired) electrons. The predicted molar refractivity (Wildman–Crippen MR) is 55.1 cm³/mol. The van der Waals surface area contributed by atoms with Crippen LogP contribution in [0, 0.1) is 0 Å². The van der Waals surface area contributed by atoms with E-state index in [-0.39, 0.29) is 5.91 Å². The summed E-state index contributed by atoms with van der Waals surface area (Å²) in [6.07, 6.45) is -1.17. The maximum absolute atomic E-state index is 11.2. The number of nitrogens with one attached hydrogen (secondary N) is 2. The highest BCUT2D eigenvalue weighted by Gasteiger charge is 2.11. The Balaban J connectivity index is 0. The zero-order valence-electron chi connectivity index (χ0n) is 9.07. The van der Waals surface area contributed by atoms with E-state index in [4.69, 9.17) is 15.0 Å². The van der Waals surface area contributed by atoms with Gasteiger partial charge in [0.1, 0.15) is 0 Å². The zero-order valence-corrected chi connectivity index (χ0v) is 9.07. The Bertz CT molecular complexity index is 222. The lowest BCUT2D eigenvalue weighted by Gasteiger charge is -2.19. The second-order valence-electron chi connectivity index (χ2n) is 2.33. The normalized spacial score (nSPS) is 8.47. The predicted octanol–water partition coefficient (Wildman–Crippen LogP) is 0.272. The second-order valence-corrected chi connectivity index (χ2v) is 2.33. The van der Waals surface area contributed by atoms with Gasteiger partial charge in [-0.1, -0.05) is 13.5 Å². The number of hydrazine groups is 2. The quantitative estimate of drug-likeness (QED) is 0.400. The molecule has 0 rings (SSSR count). The van der Waals surface area contributed by atoms with Gasteiger partial charge in [-0.15, -0.1) is 0 Å². The van der Waals surface area contributed by atoms with Gasteiger partial charge in [0.05, 0.1) is 0 Å². The monoisotopic (exact) mass is 219 g/mol. The molecule has 88 valence electrons. The van der Waals surface area contributed by atoms with Gasteiger partial charge in [0.25, 0.3) is 5.91 Å². The smallest absolute Gasteiger partial charge is 0.450 e. The van der Waals surface area contributed by atoms with Gasteiger partial charge in [0.15, 0.2) is 0 Å². The number of carboxylic acid groups (broad SMARTS) is 2. The molecule has 0 aliphatic rings. The summed E-state index contributed by atoms with van der Waals surface area (Å²) in [6, 6.07) is 0. The first-order valence-electron chi connectivity index (χ1n) is 4.19. The van der Waals surface area contributed by atoms with E-state index >= 15 is 0 Å². The molecule has 4 N–H and O–H groups in total. The molecule has 0 fully saturated rings. The molecule has 0 aliphatic carbocycles. The number of rotatable bonds is 4. The summed E-state index contributed by atoms with van der Waals surface area (Å²) < 4.78 is 0. The number of carbonyl (C=O) groups is 2. The van der Waals surface area contributed by atoms with Gasteiger partial charge in [-0.25, -0.2) is 20.8 Å². The van der Waals surface area contributed by atoms with E-state index < -0.39 is 6.16 Å². The highest BCUT2D eigenvalue weighted by molar-refractivity contribution is 5.91. The lowest BCUT2D eigenvalue weighted by molar-refractivity contribution is -0.133. The van der Waals surface area contributed by atoms with Crippen LogP contribution >= 0.6 is 0 Å². The van der Waals surface area contributed by atoms with Gasteiger partial charge in [0.2, 0.25) is 0 Å². The molecule has 0 saturated carbocycles. The Labute approximate surface area is 88.3 Å². The summed E-state index contributed by atoms with van der Waals surface area (Å²) in [5.74, 6) is -0.127. The van der Waals surface area contributed by atoms with Crippen molar-refractivity contribution in [1.29, 1.82) is 0 Å². The molecule has 7 heteroatoms. The van der Waals surface area contributed by atoms with Crippen LogP contribution in [0.5, 0.6) is 0 Å². The molecule has 0 aromatic carbocycles. The van der Waals surface area contributed by atoms with E-state index in [0.29, 0.717) is 12.0 Å². The standard InChI is InChI=1S/C7H15N3O.CH2O3/c1-5-6(2)7(11)10(8-3)9-4;2-1(3)4/h8-9H,2,5H2,1,3-4H3;(H2,2,3,4). The lowest BCUT2D eigenvalue weighted by Crippen LogP contribution is -2.48. The number of nitrogens with zero attached hydrogens (tertiary/aromatic N) is 1. The minimum atomic E-state index is -1.83. The molecular weight excluding hydrogens is 202 g/mol. The Morgan fingerprint density at radius 3 is 1.80 bits per heavy atom. The highest BCUT2D eigenvalue weighted by atomic mass is 16.6. The Morgan fingerprint density at radius 2 is 1.60 bits per heavy atom. The Kier molecular flexibility index (Phi) is 9.49. The van der Waals surface area contributed by atoms with Crippen LogP contribution in [-0.2, 0) is 4.79 Å². The summed E-state index contributed by atoms with van der Waals surface area (Å²) in [4.78, 5) is 19.8. The zero-order chi connectivity index (χ0) is 12.4. The summed E-state index contributed by atoms with van der Waals surface area (Å²) in [6.45, 7) is 5.51. The van der Waals surface area contributed by atoms with E-state index in [1.165, 1.54) is 5.12 Å². The fourth-order valence-electron chi connectivity index (χ4n) is 0.624. The first-order valence-corrected chi connectivity index (χ1v) is 4.19. The number of hydrogen-bond donors (Lipinski definition) is 4. The van der Waals surface area contributed by atoms with Crippen LogP contribution in [0.1, 0.15) is 13.3 Å². The summed E-state index contributed by atoms with van der Waals surface area (Å²) >= 11 is 0. The first kappa shape index (κ1) is 15.9. The van der Waals surface area contributed by atoms with Crippen LogP contribution in [0.25, 0.3) is 0 Å². The van der Waals surface area contributed by atoms with E-state index in [0.717, 1.165) is 0 Å². The van der Waals surface area contributed by atoms with Crippen molar-refractivity contribution in [2.75, 3.05) is 14.1 Å². The van der Waals surface area contributed by atoms with E-state index in [2.05, 4.69) is 17.4 Å². The average Bonchev–Trinajstić information content (AvgIpc) is 2.17. The van der Waals surface area contributed by atoms with Crippen LogP contribution in [0.4, 0.5) is 4.79 Å². The molecule has 0 spiro atoms. The van der Waals surface area contributed by atoms with Crippen LogP contribution in [0.3, 0.4) is 0 Å². The van der Waals surface area contributed by atoms with Crippen molar-refractivity contribution in [3.05, 3.63) is 12.2 Å². The maximum atomic E-state index is 11.2. The minimum Gasteiger partial charge on any atom is -0.450 e. The molecular formula is C8H17N3O4. The van der Waals surface area contributed by atoms with Gasteiger partial charge < -0.3 is 10.2 Å². The fraction of sp³-hybridized carbons (Fsp3) is 0.500. The molecule has 0 aromatic heterocycles. The SMILES string of the molecule is C=C(CC)C(=O)N(NC)NC.O=C(O)O. The van der Waals surface area contributed by atoms with Crippen LogP contribution < -0.4 is 10.9 Å². The van der Waals surface area contributed by atoms with Crippen LogP contribution in [0.2, 0.25) is 0 Å². The molecule has 0 saturated heterocycles. The summed E-state index contributed by atoms with van der Waals surface area (Å²) in [5, 5.41) is 15.2. The molecule has 0 unspecified atom stereocenters. The molecule has 15 heavy (non-hydrogen) atoms. The molecule has 0 atom stereocenters. The Hall–Kier alpha value is -1.60. The van der Waals surface area contributed by atoms with Gasteiger partial charge in [-0.2, -0.15) is 0 Å². The maximum Gasteiger partial charge on any atom is 0.503 e. The van der Waals surface area contributed by atoms with E-state index in [1.807, 2.05) is 6.92 Å². The van der Waals surface area contributed by atoms with Crippen molar-refractivity contribution in [2.45, 2.75) is 13.3 Å². The van der Waals surface area contributed by atoms with Crippen LogP contribution in [0.15, 0.2) is 12.2 Å². The lowest BCUT2D eigenvalue weighted by atomic mass is 10.2. The van der Waals surface area contributed by atoms with Crippen molar-refractivity contribution < 1.29 is 19.8 Å². The molecule has 1 amide bonds. The first-order chi connectivity index (χ1) is 6.90. The van der Waals surface area contributed by atoms with E-state index in [1.54, 1.807) is 14.1 Å². The van der Waals surface area contributed by atoms with Gasteiger partial charge >= 0.3 is 6.16 Å². The second kappa shape index (κ2) is 8.97. The van der Waals surface area contributed by atoms with Gasteiger partial charge in [0, 0.05) is 19.7 Å². The molecule has 0 aliphatic heterocycles. The van der Waals surface area contributed by atoms with Crippen molar-refractivity contribution >= 4 is 12.1 Å². The average molecular weight is 219 g/mol.